The number of fused-ring (bicyclic) bond motifs is 1. The molecule has 2 aromatic rings. The minimum Gasteiger partial charge on any atom is -0.398 e. The molecule has 0 amide bonds. The minimum atomic E-state index is -3.61. The van der Waals surface area contributed by atoms with Crippen molar-refractivity contribution >= 4 is 21.4 Å². The largest absolute Gasteiger partial charge is 0.398 e. The van der Waals surface area contributed by atoms with Crippen molar-refractivity contribution in [2.24, 2.45) is 7.05 Å². The zero-order valence-electron chi connectivity index (χ0n) is 12.1. The summed E-state index contributed by atoms with van der Waals surface area (Å²) in [4.78, 5) is 0.250. The third-order valence-electron chi connectivity index (χ3n) is 4.00. The molecular weight excluding hydrogens is 288 g/mol. The molecule has 21 heavy (non-hydrogen) atoms. The number of nitrogen functional groups attached to an aromatic ring is 1. The van der Waals surface area contributed by atoms with Gasteiger partial charge in [-0.3, -0.25) is 8.99 Å². The molecule has 2 heterocycles. The Morgan fingerprint density at radius 3 is 2.76 bits per heavy atom. The van der Waals surface area contributed by atoms with Crippen LogP contribution in [0.25, 0.3) is 0 Å². The van der Waals surface area contributed by atoms with Crippen LogP contribution in [0.2, 0.25) is 0 Å². The molecule has 0 unspecified atom stereocenters. The molecule has 112 valence electrons. The number of hydrogen-bond donors (Lipinski definition) is 1. The maximum absolute atomic E-state index is 12.9. The first-order valence-corrected chi connectivity index (χ1v) is 8.25. The van der Waals surface area contributed by atoms with Crippen molar-refractivity contribution in [1.29, 1.82) is 0 Å². The second-order valence-corrected chi connectivity index (χ2v) is 7.07. The Balaban J connectivity index is 2.14. The molecule has 7 heteroatoms. The Kier molecular flexibility index (Phi) is 3.16. The molecule has 0 spiro atoms. The highest BCUT2D eigenvalue weighted by atomic mass is 32.2. The van der Waals surface area contributed by atoms with Gasteiger partial charge in [-0.15, -0.1) is 0 Å². The van der Waals surface area contributed by atoms with E-state index in [2.05, 4.69) is 5.10 Å². The highest BCUT2D eigenvalue weighted by Gasteiger charge is 2.32. The molecule has 6 nitrogen and oxygen atoms in total. The van der Waals surface area contributed by atoms with E-state index in [4.69, 9.17) is 5.73 Å². The normalized spacial score (nSPS) is 15.0. The van der Waals surface area contributed by atoms with Crippen LogP contribution >= 0.6 is 0 Å². The monoisotopic (exact) mass is 306 g/mol. The predicted molar refractivity (Wildman–Crippen MR) is 81.7 cm³/mol. The van der Waals surface area contributed by atoms with Crippen molar-refractivity contribution in [2.45, 2.75) is 24.7 Å². The van der Waals surface area contributed by atoms with Crippen molar-refractivity contribution < 1.29 is 8.42 Å². The van der Waals surface area contributed by atoms with E-state index in [0.717, 1.165) is 18.4 Å². The van der Waals surface area contributed by atoms with Crippen molar-refractivity contribution in [3.63, 3.8) is 0 Å². The second-order valence-electron chi connectivity index (χ2n) is 5.24. The summed E-state index contributed by atoms with van der Waals surface area (Å²) < 4.78 is 28.9. The van der Waals surface area contributed by atoms with E-state index < -0.39 is 10.0 Å². The van der Waals surface area contributed by atoms with E-state index in [1.54, 1.807) is 24.7 Å². The van der Waals surface area contributed by atoms with Crippen LogP contribution in [0.1, 0.15) is 17.7 Å². The Morgan fingerprint density at radius 2 is 2.10 bits per heavy atom. The van der Waals surface area contributed by atoms with Gasteiger partial charge in [0.25, 0.3) is 10.0 Å². The third-order valence-corrected chi connectivity index (χ3v) is 5.92. The second kappa shape index (κ2) is 4.77. The molecular formula is C14H18N4O2S. The third kappa shape index (κ3) is 2.08. The van der Waals surface area contributed by atoms with Gasteiger partial charge in [0.1, 0.15) is 4.90 Å². The molecule has 1 aromatic heterocycles. The van der Waals surface area contributed by atoms with E-state index in [9.17, 15) is 8.42 Å². The minimum absolute atomic E-state index is 0.250. The topological polar surface area (TPSA) is 81.2 Å². The van der Waals surface area contributed by atoms with Crippen LogP contribution in [0, 0.1) is 6.92 Å². The number of rotatable bonds is 2. The fourth-order valence-electron chi connectivity index (χ4n) is 2.72. The fourth-order valence-corrected chi connectivity index (χ4v) is 4.44. The smallest absolute Gasteiger partial charge is 0.267 e. The summed E-state index contributed by atoms with van der Waals surface area (Å²) >= 11 is 0. The van der Waals surface area contributed by atoms with Gasteiger partial charge in [-0.1, -0.05) is 6.07 Å². The fraction of sp³-hybridized carbons (Fsp3) is 0.357. The van der Waals surface area contributed by atoms with Crippen LogP contribution in [-0.2, 0) is 23.5 Å². The number of hydrogen-bond acceptors (Lipinski definition) is 4. The summed E-state index contributed by atoms with van der Waals surface area (Å²) in [5.74, 6) is 0. The van der Waals surface area contributed by atoms with Crippen LogP contribution in [-0.4, -0.2) is 24.7 Å². The van der Waals surface area contributed by atoms with Crippen LogP contribution < -0.4 is 10.0 Å². The number of aryl methyl sites for hydroxylation is 1. The number of sulfonamides is 1. The number of nitrogens with two attached hydrogens (primary N) is 1. The molecule has 3 rings (SSSR count). The van der Waals surface area contributed by atoms with E-state index in [0.29, 0.717) is 23.6 Å². The Labute approximate surface area is 124 Å². The van der Waals surface area contributed by atoms with Crippen LogP contribution in [0.5, 0.6) is 0 Å². The summed E-state index contributed by atoms with van der Waals surface area (Å²) in [6.07, 6.45) is 2.98. The predicted octanol–water partition coefficient (Wildman–Crippen LogP) is 1.45. The number of anilines is 2. The molecule has 0 aliphatic carbocycles. The van der Waals surface area contributed by atoms with Gasteiger partial charge >= 0.3 is 0 Å². The summed E-state index contributed by atoms with van der Waals surface area (Å²) in [7, 11) is -1.87. The standard InChI is InChI=1S/C14H18N4O2S/c1-10-14(9-16-17(10)2)21(19,20)18-8-4-5-11-12(15)6-3-7-13(11)18/h3,6-7,9H,4-5,8,15H2,1-2H3. The summed E-state index contributed by atoms with van der Waals surface area (Å²) in [5.41, 5.74) is 8.86. The van der Waals surface area contributed by atoms with Gasteiger partial charge in [-0.25, -0.2) is 8.42 Å². The van der Waals surface area contributed by atoms with E-state index in [-0.39, 0.29) is 4.90 Å². The molecule has 1 aliphatic heterocycles. The maximum Gasteiger partial charge on any atom is 0.267 e. The zero-order valence-corrected chi connectivity index (χ0v) is 12.9. The molecule has 0 saturated heterocycles. The van der Waals surface area contributed by atoms with Crippen molar-refractivity contribution in [2.75, 3.05) is 16.6 Å². The van der Waals surface area contributed by atoms with Crippen LogP contribution in [0.15, 0.2) is 29.3 Å². The first kappa shape index (κ1) is 13.9. The van der Waals surface area contributed by atoms with E-state index in [1.165, 1.54) is 10.5 Å². The van der Waals surface area contributed by atoms with Crippen molar-refractivity contribution in [3.05, 3.63) is 35.7 Å². The average Bonchev–Trinajstić information content (AvgIpc) is 2.79. The van der Waals surface area contributed by atoms with Crippen LogP contribution in [0.4, 0.5) is 11.4 Å². The number of aromatic nitrogens is 2. The van der Waals surface area contributed by atoms with Gasteiger partial charge in [0, 0.05) is 19.3 Å². The van der Waals surface area contributed by atoms with Gasteiger partial charge in [0.05, 0.1) is 17.6 Å². The Morgan fingerprint density at radius 1 is 1.33 bits per heavy atom. The van der Waals surface area contributed by atoms with Crippen molar-refractivity contribution in [1.82, 2.24) is 9.78 Å². The Hall–Kier alpha value is -2.02. The molecule has 0 bridgehead atoms. The molecule has 0 saturated carbocycles. The highest BCUT2D eigenvalue weighted by molar-refractivity contribution is 7.92. The highest BCUT2D eigenvalue weighted by Crippen LogP contribution is 2.35. The molecule has 0 atom stereocenters. The number of nitrogens with zero attached hydrogens (tertiary/aromatic N) is 3. The lowest BCUT2D eigenvalue weighted by Crippen LogP contribution is -2.36. The lowest BCUT2D eigenvalue weighted by Gasteiger charge is -2.31. The molecule has 0 fully saturated rings. The lowest BCUT2D eigenvalue weighted by atomic mass is 10.0. The van der Waals surface area contributed by atoms with E-state index in [1.807, 2.05) is 12.1 Å². The van der Waals surface area contributed by atoms with Gasteiger partial charge in [-0.05, 0) is 37.5 Å². The van der Waals surface area contributed by atoms with Gasteiger partial charge < -0.3 is 5.73 Å². The average molecular weight is 306 g/mol. The molecule has 0 radical (unpaired) electrons. The molecule has 1 aromatic carbocycles. The first-order chi connectivity index (χ1) is 9.93. The lowest BCUT2D eigenvalue weighted by molar-refractivity contribution is 0.585. The molecule has 1 aliphatic rings. The van der Waals surface area contributed by atoms with E-state index >= 15 is 0 Å². The Bertz CT molecular complexity index is 795. The van der Waals surface area contributed by atoms with Gasteiger partial charge in [0.15, 0.2) is 0 Å². The molecule has 2 N–H and O–H groups in total. The SMILES string of the molecule is Cc1c(S(=O)(=O)N2CCCc3c(N)cccc32)cnn1C. The quantitative estimate of drug-likeness (QED) is 0.852. The summed E-state index contributed by atoms with van der Waals surface area (Å²) in [5, 5.41) is 4.04. The first-order valence-electron chi connectivity index (χ1n) is 6.81. The zero-order chi connectivity index (χ0) is 15.2. The van der Waals surface area contributed by atoms with Gasteiger partial charge in [-0.2, -0.15) is 5.10 Å². The summed E-state index contributed by atoms with van der Waals surface area (Å²) in [6, 6.07) is 5.41. The van der Waals surface area contributed by atoms with Crippen molar-refractivity contribution in [3.8, 4) is 0 Å². The van der Waals surface area contributed by atoms with Crippen LogP contribution in [0.3, 0.4) is 0 Å². The maximum atomic E-state index is 12.9. The van der Waals surface area contributed by atoms with Gasteiger partial charge in [0.2, 0.25) is 0 Å². The number of benzene rings is 1. The summed E-state index contributed by atoms with van der Waals surface area (Å²) in [6.45, 7) is 2.22.